The van der Waals surface area contributed by atoms with Gasteiger partial charge in [-0.1, -0.05) is 0 Å². The lowest BCUT2D eigenvalue weighted by molar-refractivity contribution is 0.105. The van der Waals surface area contributed by atoms with Crippen LogP contribution in [0.5, 0.6) is 0 Å². The second-order valence-electron chi connectivity index (χ2n) is 5.31. The Morgan fingerprint density at radius 2 is 1.85 bits per heavy atom. The van der Waals surface area contributed by atoms with Crippen LogP contribution in [0.2, 0.25) is 0 Å². The van der Waals surface area contributed by atoms with Crippen molar-refractivity contribution in [2.45, 2.75) is 30.8 Å². The van der Waals surface area contributed by atoms with Gasteiger partial charge in [0.1, 0.15) is 10.7 Å². The number of anilines is 1. The molecule has 2 heterocycles. The summed E-state index contributed by atoms with van der Waals surface area (Å²) in [4.78, 5) is 6.54. The molecule has 1 saturated heterocycles. The molecule has 1 aromatic rings. The van der Waals surface area contributed by atoms with Crippen molar-refractivity contribution in [3.05, 3.63) is 18.3 Å². The molecule has 0 saturated carbocycles. The molecule has 0 spiro atoms. The van der Waals surface area contributed by atoms with Gasteiger partial charge in [-0.15, -0.1) is 0 Å². The van der Waals surface area contributed by atoms with Gasteiger partial charge in [-0.25, -0.2) is 13.4 Å². The number of hydrogen-bond acceptors (Lipinski definition) is 5. The fourth-order valence-electron chi connectivity index (χ4n) is 2.38. The van der Waals surface area contributed by atoms with Gasteiger partial charge in [0, 0.05) is 38.4 Å². The predicted octanol–water partition coefficient (Wildman–Crippen LogP) is 0.836. The largest absolute Gasteiger partial charge is 0.373 e. The van der Waals surface area contributed by atoms with Gasteiger partial charge in [0.05, 0.1) is 0 Å². The average molecular weight is 298 g/mol. The van der Waals surface area contributed by atoms with Crippen LogP contribution in [0, 0.1) is 0 Å². The summed E-state index contributed by atoms with van der Waals surface area (Å²) in [7, 11) is 0.321. The molecule has 7 heteroatoms. The first-order valence-corrected chi connectivity index (χ1v) is 8.16. The lowest BCUT2D eigenvalue weighted by atomic mass is 10.1. The number of nitrogens with zero attached hydrogens (tertiary/aromatic N) is 3. The van der Waals surface area contributed by atoms with E-state index in [4.69, 9.17) is 0 Å². The van der Waals surface area contributed by atoms with Gasteiger partial charge in [-0.2, -0.15) is 4.31 Å². The molecule has 2 rings (SSSR count). The zero-order valence-corrected chi connectivity index (χ0v) is 13.2. The second-order valence-corrected chi connectivity index (χ2v) is 7.25. The van der Waals surface area contributed by atoms with Crippen molar-refractivity contribution < 1.29 is 8.42 Å². The molecular weight excluding hydrogens is 276 g/mol. The molecule has 1 fully saturated rings. The van der Waals surface area contributed by atoms with Gasteiger partial charge in [0.2, 0.25) is 10.0 Å². The van der Waals surface area contributed by atoms with E-state index in [1.54, 1.807) is 23.5 Å². The molecule has 1 aromatic heterocycles. The Labute approximate surface area is 120 Å². The Kier molecular flexibility index (Phi) is 4.31. The summed E-state index contributed by atoms with van der Waals surface area (Å²) in [6.45, 7) is 5.11. The first-order chi connectivity index (χ1) is 9.36. The number of rotatable bonds is 3. The van der Waals surface area contributed by atoms with E-state index < -0.39 is 10.0 Å². The van der Waals surface area contributed by atoms with Crippen LogP contribution in [0.1, 0.15) is 13.8 Å². The van der Waals surface area contributed by atoms with E-state index in [1.165, 1.54) is 6.20 Å². The highest BCUT2D eigenvalue weighted by Crippen LogP contribution is 2.22. The number of nitrogens with one attached hydrogen (secondary N) is 1. The number of piperazine rings is 1. The lowest BCUT2D eigenvalue weighted by Gasteiger charge is -2.41. The fourth-order valence-corrected chi connectivity index (χ4v) is 3.93. The molecule has 2 atom stereocenters. The third kappa shape index (κ3) is 2.79. The summed E-state index contributed by atoms with van der Waals surface area (Å²) in [5, 5.41) is 2.88. The third-order valence-corrected chi connectivity index (χ3v) is 5.77. The van der Waals surface area contributed by atoms with Crippen molar-refractivity contribution in [1.29, 1.82) is 0 Å². The molecule has 1 N–H and O–H groups in total. The third-order valence-electron chi connectivity index (χ3n) is 3.96. The number of aromatic nitrogens is 1. The predicted molar refractivity (Wildman–Crippen MR) is 79.2 cm³/mol. The van der Waals surface area contributed by atoms with Crippen molar-refractivity contribution >= 4 is 15.8 Å². The SMILES string of the molecule is CNc1ccc(S(=O)(=O)N2CC(C)N(C)C(C)C2)cn1. The zero-order chi connectivity index (χ0) is 14.9. The maximum Gasteiger partial charge on any atom is 0.244 e. The molecule has 20 heavy (non-hydrogen) atoms. The Morgan fingerprint density at radius 3 is 2.30 bits per heavy atom. The van der Waals surface area contributed by atoms with E-state index in [0.29, 0.717) is 18.9 Å². The van der Waals surface area contributed by atoms with E-state index >= 15 is 0 Å². The molecular formula is C13H22N4O2S. The van der Waals surface area contributed by atoms with Crippen LogP contribution >= 0.6 is 0 Å². The van der Waals surface area contributed by atoms with Crippen LogP contribution in [0.3, 0.4) is 0 Å². The molecule has 0 aliphatic carbocycles. The first kappa shape index (κ1) is 15.2. The fraction of sp³-hybridized carbons (Fsp3) is 0.615. The van der Waals surface area contributed by atoms with Crippen molar-refractivity contribution in [3.63, 3.8) is 0 Å². The second kappa shape index (κ2) is 5.67. The smallest absolute Gasteiger partial charge is 0.244 e. The summed E-state index contributed by atoms with van der Waals surface area (Å²) < 4.78 is 26.8. The molecule has 6 nitrogen and oxygen atoms in total. The highest BCUT2D eigenvalue weighted by Gasteiger charge is 2.34. The molecule has 1 aliphatic rings. The van der Waals surface area contributed by atoms with Gasteiger partial charge >= 0.3 is 0 Å². The monoisotopic (exact) mass is 298 g/mol. The van der Waals surface area contributed by atoms with E-state index in [1.807, 2.05) is 20.9 Å². The van der Waals surface area contributed by atoms with Crippen molar-refractivity contribution in [2.75, 3.05) is 32.5 Å². The summed E-state index contributed by atoms with van der Waals surface area (Å²) in [5.41, 5.74) is 0. The molecule has 2 unspecified atom stereocenters. The summed E-state index contributed by atoms with van der Waals surface area (Å²) in [6.07, 6.45) is 1.41. The molecule has 0 amide bonds. The molecule has 112 valence electrons. The van der Waals surface area contributed by atoms with Crippen molar-refractivity contribution in [2.24, 2.45) is 0 Å². The number of sulfonamides is 1. The average Bonchev–Trinajstić information content (AvgIpc) is 2.44. The van der Waals surface area contributed by atoms with Gasteiger partial charge < -0.3 is 5.32 Å². The lowest BCUT2D eigenvalue weighted by Crippen LogP contribution is -2.56. The maximum absolute atomic E-state index is 12.6. The number of pyridine rings is 1. The zero-order valence-electron chi connectivity index (χ0n) is 12.4. The van der Waals surface area contributed by atoms with E-state index in [2.05, 4.69) is 15.2 Å². The minimum atomic E-state index is -3.46. The summed E-state index contributed by atoms with van der Waals surface area (Å²) in [5.74, 6) is 0.657. The first-order valence-electron chi connectivity index (χ1n) is 6.72. The van der Waals surface area contributed by atoms with Gasteiger partial charge in [-0.3, -0.25) is 4.90 Å². The standard InChI is InChI=1S/C13H22N4O2S/c1-10-8-17(9-11(2)16(10)4)20(18,19)12-5-6-13(14-3)15-7-12/h5-7,10-11H,8-9H2,1-4H3,(H,14,15). The van der Waals surface area contributed by atoms with Gasteiger partial charge in [0.25, 0.3) is 0 Å². The summed E-state index contributed by atoms with van der Waals surface area (Å²) >= 11 is 0. The van der Waals surface area contributed by atoms with Gasteiger partial charge in [0.15, 0.2) is 0 Å². The quantitative estimate of drug-likeness (QED) is 0.895. The number of hydrogen-bond donors (Lipinski definition) is 1. The minimum absolute atomic E-state index is 0.207. The van der Waals surface area contributed by atoms with E-state index in [0.717, 1.165) is 0 Å². The maximum atomic E-state index is 12.6. The highest BCUT2D eigenvalue weighted by atomic mass is 32.2. The van der Waals surface area contributed by atoms with Crippen LogP contribution in [-0.4, -0.2) is 61.9 Å². The normalized spacial score (nSPS) is 25.6. The van der Waals surface area contributed by atoms with Gasteiger partial charge in [-0.05, 0) is 33.0 Å². The number of likely N-dealkylation sites (N-methyl/N-ethyl adjacent to an activating group) is 1. The minimum Gasteiger partial charge on any atom is -0.373 e. The highest BCUT2D eigenvalue weighted by molar-refractivity contribution is 7.89. The Bertz CT molecular complexity index is 546. The molecule has 1 aliphatic heterocycles. The van der Waals surface area contributed by atoms with Crippen molar-refractivity contribution in [1.82, 2.24) is 14.2 Å². The van der Waals surface area contributed by atoms with Crippen LogP contribution in [0.4, 0.5) is 5.82 Å². The van der Waals surface area contributed by atoms with Crippen LogP contribution in [0.15, 0.2) is 23.2 Å². The van der Waals surface area contributed by atoms with E-state index in [9.17, 15) is 8.42 Å². The van der Waals surface area contributed by atoms with Crippen LogP contribution in [-0.2, 0) is 10.0 Å². The summed E-state index contributed by atoms with van der Waals surface area (Å²) in [6, 6.07) is 3.69. The van der Waals surface area contributed by atoms with Crippen LogP contribution in [0.25, 0.3) is 0 Å². The Morgan fingerprint density at radius 1 is 1.25 bits per heavy atom. The molecule has 0 aromatic carbocycles. The molecule has 0 radical (unpaired) electrons. The molecule has 0 bridgehead atoms. The topological polar surface area (TPSA) is 65.5 Å². The van der Waals surface area contributed by atoms with Crippen LogP contribution < -0.4 is 5.32 Å². The Balaban J connectivity index is 2.25. The Hall–Kier alpha value is -1.18. The van der Waals surface area contributed by atoms with E-state index in [-0.39, 0.29) is 17.0 Å². The van der Waals surface area contributed by atoms with Crippen molar-refractivity contribution in [3.8, 4) is 0 Å².